The number of aromatic nitrogens is 6. The zero-order chi connectivity index (χ0) is 33.5. The van der Waals surface area contributed by atoms with Gasteiger partial charge in [-0.3, -0.25) is 9.13 Å². The minimum absolute atomic E-state index is 0.566. The van der Waals surface area contributed by atoms with Crippen molar-refractivity contribution >= 4 is 65.4 Å². The lowest BCUT2D eigenvalue weighted by atomic mass is 10.2. The van der Waals surface area contributed by atoms with Crippen LogP contribution in [0.5, 0.6) is 0 Å². The molecule has 4 aromatic heterocycles. The molecule has 0 aliphatic heterocycles. The molecule has 51 heavy (non-hydrogen) atoms. The summed E-state index contributed by atoms with van der Waals surface area (Å²) in [6.45, 7) is 0. The summed E-state index contributed by atoms with van der Waals surface area (Å²) in [6, 6.07) is 59.6. The summed E-state index contributed by atoms with van der Waals surface area (Å²) in [5.74, 6) is 1.73. The van der Waals surface area contributed by atoms with Crippen LogP contribution in [0.25, 0.3) is 94.4 Å². The molecule has 0 amide bonds. The molecular weight excluding hydrogens is 625 g/mol. The Morgan fingerprint density at radius 1 is 0.294 bits per heavy atom. The average Bonchev–Trinajstić information content (AvgIpc) is 3.84. The highest BCUT2D eigenvalue weighted by molar-refractivity contribution is 6.11. The van der Waals surface area contributed by atoms with Gasteiger partial charge in [0.2, 0.25) is 11.9 Å². The Kier molecular flexibility index (Phi) is 5.86. The Bertz CT molecular complexity index is 2870. The Labute approximate surface area is 292 Å². The predicted octanol–water partition coefficient (Wildman–Crippen LogP) is 10.8. The van der Waals surface area contributed by atoms with Gasteiger partial charge in [-0.1, -0.05) is 121 Å². The number of hydrogen-bond donors (Lipinski definition) is 0. The van der Waals surface area contributed by atoms with Crippen molar-refractivity contribution in [3.05, 3.63) is 170 Å². The van der Waals surface area contributed by atoms with E-state index >= 15 is 0 Å². The average molecular weight is 653 g/mol. The molecule has 0 radical (unpaired) electrons. The number of rotatable bonds is 4. The highest BCUT2D eigenvalue weighted by atomic mass is 15.3. The van der Waals surface area contributed by atoms with Gasteiger partial charge in [-0.25, -0.2) is 0 Å². The molecule has 11 aromatic rings. The molecule has 0 atom stereocenters. The Balaban J connectivity index is 1.22. The minimum atomic E-state index is 0.566. The van der Waals surface area contributed by atoms with Crippen molar-refractivity contribution in [3.8, 4) is 29.0 Å². The third-order valence-electron chi connectivity index (χ3n) is 10.1. The monoisotopic (exact) mass is 652 g/mol. The Hall–Kier alpha value is -7.05. The SMILES string of the molecule is c1cc(-c2nc(-n3c4ccccc4c4ccccc43)nc(-n3c4ccccc4c4ccccc43)n2)cc(-n2c3ccccc3c3ccccc32)c1. The van der Waals surface area contributed by atoms with Gasteiger partial charge in [0.15, 0.2) is 5.82 Å². The second kappa shape index (κ2) is 10.7. The van der Waals surface area contributed by atoms with Crippen LogP contribution in [0.4, 0.5) is 0 Å². The van der Waals surface area contributed by atoms with E-state index in [4.69, 9.17) is 15.0 Å². The number of para-hydroxylation sites is 6. The smallest absolute Gasteiger partial charge is 0.240 e. The van der Waals surface area contributed by atoms with Crippen molar-refractivity contribution in [2.45, 2.75) is 0 Å². The third-order valence-corrected chi connectivity index (χ3v) is 10.1. The van der Waals surface area contributed by atoms with E-state index < -0.39 is 0 Å². The van der Waals surface area contributed by atoms with Gasteiger partial charge in [0.05, 0.1) is 33.1 Å². The summed E-state index contributed by atoms with van der Waals surface area (Å²) in [7, 11) is 0. The molecule has 6 heteroatoms. The topological polar surface area (TPSA) is 53.5 Å². The number of hydrogen-bond acceptors (Lipinski definition) is 3. The van der Waals surface area contributed by atoms with Gasteiger partial charge in [0.25, 0.3) is 0 Å². The fourth-order valence-corrected chi connectivity index (χ4v) is 7.94. The van der Waals surface area contributed by atoms with Crippen LogP contribution < -0.4 is 0 Å². The summed E-state index contributed by atoms with van der Waals surface area (Å²) >= 11 is 0. The van der Waals surface area contributed by atoms with Crippen molar-refractivity contribution in [2.24, 2.45) is 0 Å². The van der Waals surface area contributed by atoms with E-state index in [-0.39, 0.29) is 0 Å². The molecule has 0 fully saturated rings. The summed E-state index contributed by atoms with van der Waals surface area (Å²) in [6.07, 6.45) is 0. The second-order valence-corrected chi connectivity index (χ2v) is 12.9. The van der Waals surface area contributed by atoms with Crippen molar-refractivity contribution in [2.75, 3.05) is 0 Å². The maximum atomic E-state index is 5.30. The molecule has 6 nitrogen and oxygen atoms in total. The fourth-order valence-electron chi connectivity index (χ4n) is 7.94. The Morgan fingerprint density at radius 2 is 0.627 bits per heavy atom. The number of benzene rings is 7. The summed E-state index contributed by atoms with van der Waals surface area (Å²) < 4.78 is 6.67. The van der Waals surface area contributed by atoms with Gasteiger partial charge < -0.3 is 4.57 Å². The largest absolute Gasteiger partial charge is 0.309 e. The van der Waals surface area contributed by atoms with Crippen molar-refractivity contribution in [3.63, 3.8) is 0 Å². The molecule has 0 bridgehead atoms. The summed E-state index contributed by atoms with van der Waals surface area (Å²) in [5, 5.41) is 7.06. The first-order valence-corrected chi connectivity index (χ1v) is 17.1. The number of nitrogens with zero attached hydrogens (tertiary/aromatic N) is 6. The highest BCUT2D eigenvalue weighted by Gasteiger charge is 2.21. The molecule has 0 saturated carbocycles. The van der Waals surface area contributed by atoms with E-state index in [1.807, 2.05) is 0 Å². The van der Waals surface area contributed by atoms with Crippen molar-refractivity contribution in [1.29, 1.82) is 0 Å². The lowest BCUT2D eigenvalue weighted by Gasteiger charge is -2.13. The van der Waals surface area contributed by atoms with Gasteiger partial charge in [-0.2, -0.15) is 15.0 Å². The van der Waals surface area contributed by atoms with E-state index in [0.29, 0.717) is 17.7 Å². The summed E-state index contributed by atoms with van der Waals surface area (Å²) in [4.78, 5) is 15.9. The van der Waals surface area contributed by atoms with Crippen LogP contribution in [-0.4, -0.2) is 28.7 Å². The quantitative estimate of drug-likeness (QED) is 0.190. The van der Waals surface area contributed by atoms with Crippen LogP contribution in [0.3, 0.4) is 0 Å². The van der Waals surface area contributed by atoms with Crippen molar-refractivity contribution < 1.29 is 0 Å². The van der Waals surface area contributed by atoms with E-state index in [9.17, 15) is 0 Å². The molecule has 11 rings (SSSR count). The molecule has 0 N–H and O–H groups in total. The zero-order valence-corrected chi connectivity index (χ0v) is 27.3. The standard InChI is InChI=1S/C45H28N6/c1-7-22-37-31(16-1)32-17-2-8-23-38(32)49(37)30-15-13-14-29(28-30)43-46-44(50-39-24-9-3-18-33(39)34-19-4-10-25-40(34)50)48-45(47-43)51-41-26-11-5-20-35(41)36-21-6-12-27-42(36)51/h1-28H. The van der Waals surface area contributed by atoms with Crippen LogP contribution >= 0.6 is 0 Å². The van der Waals surface area contributed by atoms with Crippen LogP contribution in [0, 0.1) is 0 Å². The van der Waals surface area contributed by atoms with Crippen LogP contribution in [0.1, 0.15) is 0 Å². The lowest BCUT2D eigenvalue weighted by Crippen LogP contribution is -2.10. The molecule has 0 unspecified atom stereocenters. The highest BCUT2D eigenvalue weighted by Crippen LogP contribution is 2.36. The van der Waals surface area contributed by atoms with E-state index in [1.54, 1.807) is 0 Å². The maximum absolute atomic E-state index is 5.30. The predicted molar refractivity (Wildman–Crippen MR) is 208 cm³/mol. The lowest BCUT2D eigenvalue weighted by molar-refractivity contribution is 0.892. The molecule has 4 heterocycles. The molecular formula is C45H28N6. The molecule has 0 aliphatic carbocycles. The number of fused-ring (bicyclic) bond motifs is 9. The maximum Gasteiger partial charge on any atom is 0.240 e. The zero-order valence-electron chi connectivity index (χ0n) is 27.3. The van der Waals surface area contributed by atoms with Gasteiger partial charge in [-0.05, 0) is 48.5 Å². The molecule has 0 aliphatic rings. The van der Waals surface area contributed by atoms with Gasteiger partial charge in [0.1, 0.15) is 0 Å². The van der Waals surface area contributed by atoms with Gasteiger partial charge in [-0.15, -0.1) is 0 Å². The first kappa shape index (κ1) is 27.9. The molecule has 7 aromatic carbocycles. The normalized spacial score (nSPS) is 11.9. The van der Waals surface area contributed by atoms with Gasteiger partial charge in [0, 0.05) is 43.6 Å². The minimum Gasteiger partial charge on any atom is -0.309 e. The van der Waals surface area contributed by atoms with Crippen LogP contribution in [-0.2, 0) is 0 Å². The Morgan fingerprint density at radius 3 is 1.00 bits per heavy atom. The van der Waals surface area contributed by atoms with E-state index in [0.717, 1.165) is 65.9 Å². The van der Waals surface area contributed by atoms with Gasteiger partial charge >= 0.3 is 0 Å². The molecule has 0 saturated heterocycles. The third kappa shape index (κ3) is 4.07. The second-order valence-electron chi connectivity index (χ2n) is 12.9. The van der Waals surface area contributed by atoms with E-state index in [2.05, 4.69) is 184 Å². The first-order valence-electron chi connectivity index (χ1n) is 17.1. The first-order chi connectivity index (χ1) is 25.3. The van der Waals surface area contributed by atoms with E-state index in [1.165, 1.54) is 10.8 Å². The summed E-state index contributed by atoms with van der Waals surface area (Å²) in [5.41, 5.74) is 8.44. The fraction of sp³-hybridized carbons (Fsp3) is 0. The van der Waals surface area contributed by atoms with Crippen LogP contribution in [0.15, 0.2) is 170 Å². The molecule has 238 valence electrons. The van der Waals surface area contributed by atoms with Crippen LogP contribution in [0.2, 0.25) is 0 Å². The molecule has 0 spiro atoms. The van der Waals surface area contributed by atoms with Crippen molar-refractivity contribution in [1.82, 2.24) is 28.7 Å².